The highest BCUT2D eigenvalue weighted by Gasteiger charge is 2.23. The Morgan fingerprint density at radius 3 is 1.20 bits per heavy atom. The smallest absolute Gasteiger partial charge is 0.152 e. The highest BCUT2D eigenvalue weighted by molar-refractivity contribution is 7.99. The van der Waals surface area contributed by atoms with Crippen LogP contribution in [0.15, 0.2) is 374 Å². The number of fused-ring (bicyclic) bond motifs is 3. The zero-order chi connectivity index (χ0) is 91.8. The van der Waals surface area contributed by atoms with Gasteiger partial charge in [0.15, 0.2) is 34.9 Å². The summed E-state index contributed by atoms with van der Waals surface area (Å²) >= 11 is 10.5. The average Bonchev–Trinajstić information content (AvgIpc) is 1.68. The molecular weight excluding hydrogens is 1800 g/mol. The van der Waals surface area contributed by atoms with Crippen LogP contribution in [0.2, 0.25) is 0 Å². The largest absolute Gasteiger partial charge is 0.508 e. The number of ether oxygens (including phenoxy) is 1. The highest BCUT2D eigenvalue weighted by Crippen LogP contribution is 2.44. The Balaban J connectivity index is 0.000000105. The van der Waals surface area contributed by atoms with E-state index in [2.05, 4.69) is 232 Å². The normalized spacial score (nSPS) is 12.3. The van der Waals surface area contributed by atoms with Gasteiger partial charge in [-0.15, -0.1) is 22.7 Å². The van der Waals surface area contributed by atoms with Gasteiger partial charge in [-0.25, -0.2) is 0 Å². The van der Waals surface area contributed by atoms with Crippen LogP contribution < -0.4 is 36.6 Å². The molecule has 21 nitrogen and oxygen atoms in total. The summed E-state index contributed by atoms with van der Waals surface area (Å²) in [6.07, 6.45) is 16.2. The number of phenolic OH excluding ortho intramolecular Hbond substituents is 1. The molecular formula is C109H97N19O2S6. The van der Waals surface area contributed by atoms with E-state index < -0.39 is 0 Å². The van der Waals surface area contributed by atoms with E-state index in [1.165, 1.54) is 132 Å². The molecule has 0 radical (unpaired) electrons. The van der Waals surface area contributed by atoms with E-state index in [9.17, 15) is 5.11 Å². The topological polar surface area (TPSA) is 290 Å². The van der Waals surface area contributed by atoms with Crippen molar-refractivity contribution in [3.63, 3.8) is 0 Å². The van der Waals surface area contributed by atoms with Gasteiger partial charge >= 0.3 is 0 Å². The number of allylic oxidation sites excluding steroid dienone is 2. The molecule has 10 aromatic carbocycles. The number of methoxy groups -OCH3 is 1. The van der Waals surface area contributed by atoms with Crippen molar-refractivity contribution >= 4 is 174 Å². The summed E-state index contributed by atoms with van der Waals surface area (Å²) in [5.41, 5.74) is 24.9. The van der Waals surface area contributed by atoms with Gasteiger partial charge in [0.2, 0.25) is 0 Å². The molecule has 0 spiro atoms. The fraction of sp³-hybridized carbons (Fsp3) is 0.101. The molecule has 676 valence electrons. The molecule has 12 aromatic heterocycles. The van der Waals surface area contributed by atoms with Crippen LogP contribution in [-0.2, 0) is 0 Å². The Labute approximate surface area is 811 Å². The number of thiophene rings is 5. The Hall–Kier alpha value is -15.5. The van der Waals surface area contributed by atoms with E-state index in [1.54, 1.807) is 87.7 Å². The first-order valence-corrected chi connectivity index (χ1v) is 50.3. The highest BCUT2D eigenvalue weighted by atomic mass is 32.2. The number of hydrogen-bond donors (Lipinski definition) is 14. The minimum Gasteiger partial charge on any atom is -0.508 e. The lowest BCUT2D eigenvalue weighted by Gasteiger charge is -2.22. The van der Waals surface area contributed by atoms with Crippen molar-refractivity contribution < 1.29 is 9.84 Å². The number of H-pyrrole nitrogens is 7. The van der Waals surface area contributed by atoms with Crippen molar-refractivity contribution in [2.75, 3.05) is 39.0 Å². The molecule has 0 saturated heterocycles. The zero-order valence-electron chi connectivity index (χ0n) is 74.1. The molecule has 1 fully saturated rings. The molecule has 24 rings (SSSR count). The number of aromatic nitrogens is 13. The van der Waals surface area contributed by atoms with Crippen LogP contribution in [0.5, 0.6) is 11.5 Å². The first-order valence-electron chi connectivity index (χ1n) is 44.9. The summed E-state index contributed by atoms with van der Waals surface area (Å²) in [6, 6.07) is 103. The van der Waals surface area contributed by atoms with Crippen LogP contribution >= 0.6 is 68.4 Å². The molecule has 12 heterocycles. The number of aromatic hydroxyl groups is 1. The first-order chi connectivity index (χ1) is 67.2. The van der Waals surface area contributed by atoms with Gasteiger partial charge in [-0.3, -0.25) is 30.6 Å². The van der Waals surface area contributed by atoms with Gasteiger partial charge in [0.05, 0.1) is 41.3 Å². The van der Waals surface area contributed by atoms with Crippen LogP contribution in [0.1, 0.15) is 74.8 Å². The minimum atomic E-state index is 0.248. The van der Waals surface area contributed by atoms with Crippen LogP contribution in [0.3, 0.4) is 0 Å². The summed E-state index contributed by atoms with van der Waals surface area (Å²) in [5, 5.41) is 95.4. The SMILES string of the molecule is C1=C(c2cscc2-c2cc(Nc3ccccc3)n[nH]2)CCCC1.COc1ccc(Nc2cc(-c3csc4ccccc34)[nH]n2)cc1.Oc1ccc(Nc2cc(-c3csc4ccccc34)[nH]n2)cc1.c1ccc(Nc2cc(-c3c[nH]c4ccccc34)[nH]n2)cc1.c1ccc(Nc2cc(-c3cscc3C3CCCCC3)[nH]n2)cc1.c1ccc(Nc2cc(-c3cscc3Sc3ccccc3)[nH]n2)cc1. The average molecular weight is 1900 g/mol. The Kier molecular flexibility index (Phi) is 29.3. The number of nitrogens with one attached hydrogen (secondary N) is 13. The number of hydrogen-bond acceptors (Lipinski definition) is 20. The summed E-state index contributed by atoms with van der Waals surface area (Å²) in [6.45, 7) is 0. The van der Waals surface area contributed by atoms with Gasteiger partial charge in [-0.05, 0) is 199 Å². The second-order valence-corrected chi connectivity index (χ2v) is 37.5. The predicted molar refractivity (Wildman–Crippen MR) is 570 cm³/mol. The van der Waals surface area contributed by atoms with E-state index in [0.717, 1.165) is 132 Å². The van der Waals surface area contributed by atoms with Crippen molar-refractivity contribution in [1.29, 1.82) is 0 Å². The molecule has 0 unspecified atom stereocenters. The van der Waals surface area contributed by atoms with Crippen LogP contribution in [0.25, 0.3) is 104 Å². The third kappa shape index (κ3) is 23.0. The zero-order valence-corrected chi connectivity index (χ0v) is 79.0. The molecule has 0 bridgehead atoms. The predicted octanol–water partition coefficient (Wildman–Crippen LogP) is 31.9. The van der Waals surface area contributed by atoms with E-state index in [-0.39, 0.29) is 5.75 Å². The summed E-state index contributed by atoms with van der Waals surface area (Å²) in [7, 11) is 1.66. The third-order valence-electron chi connectivity index (χ3n) is 23.1. The van der Waals surface area contributed by atoms with Gasteiger partial charge < -0.3 is 46.7 Å². The lowest BCUT2D eigenvalue weighted by molar-refractivity contribution is 0.415. The fourth-order valence-electron chi connectivity index (χ4n) is 16.3. The van der Waals surface area contributed by atoms with E-state index in [0.29, 0.717) is 0 Å². The van der Waals surface area contributed by atoms with Crippen LogP contribution in [0.4, 0.5) is 69.0 Å². The number of benzene rings is 10. The molecule has 22 aromatic rings. The Morgan fingerprint density at radius 1 is 0.338 bits per heavy atom. The molecule has 14 N–H and O–H groups in total. The molecule has 0 aliphatic heterocycles. The molecule has 136 heavy (non-hydrogen) atoms. The van der Waals surface area contributed by atoms with Crippen molar-refractivity contribution in [3.8, 4) is 79.0 Å². The number of para-hydroxylation sites is 5. The van der Waals surface area contributed by atoms with E-state index >= 15 is 0 Å². The van der Waals surface area contributed by atoms with Crippen molar-refractivity contribution in [1.82, 2.24) is 66.2 Å². The van der Waals surface area contributed by atoms with Crippen molar-refractivity contribution in [2.24, 2.45) is 0 Å². The number of anilines is 12. The van der Waals surface area contributed by atoms with E-state index in [1.807, 2.05) is 219 Å². The maximum absolute atomic E-state index is 9.30. The molecule has 2 aliphatic rings. The second-order valence-electron chi connectivity index (χ2n) is 32.3. The van der Waals surface area contributed by atoms with Gasteiger partial charge in [0, 0.05) is 183 Å². The van der Waals surface area contributed by atoms with Crippen LogP contribution in [-0.4, -0.2) is 78.4 Å². The molecule has 0 amide bonds. The number of rotatable bonds is 23. The number of aromatic amines is 7. The molecule has 0 atom stereocenters. The summed E-state index contributed by atoms with van der Waals surface area (Å²) in [5.74, 6) is 6.68. The molecule has 1 saturated carbocycles. The molecule has 2 aliphatic carbocycles. The Bertz CT molecular complexity index is 7530. The quantitative estimate of drug-likeness (QED) is 0.0265. The number of nitrogens with zero attached hydrogens (tertiary/aromatic N) is 6. The minimum absolute atomic E-state index is 0.248. The number of phenols is 1. The first kappa shape index (κ1) is 89.7. The van der Waals surface area contributed by atoms with Crippen molar-refractivity contribution in [3.05, 3.63) is 376 Å². The standard InChI is InChI=1S/C19H15N3S2.C19H21N3S.C19H19N3S.C18H15N3OS.C17H14N4.C17H13N3OS/c1-3-7-14(8-4-1)20-19-11-17(21-22-19)16-12-23-13-18(16)24-15-9-5-2-6-10-15;2*1-3-7-14(8-4-1)16-12-23-13-17(16)18-11-19(22-21-18)20-15-9-5-2-6-10-15;1-22-13-8-6-12(7-9-13)19-18-10-16(20-21-18)15-11-23-17-5-3-2-4-14(15)17;1-2-6-12(7-3-1)19-17-10-16(20-21-17)14-11-18-15-9-5-4-8-13(14)15;21-12-7-5-11(6-8-12)18-17-9-15(19-20-17)14-10-22-16-4-2-1-3-13(14)16/h1-13H,(H2,20,21,22);2,5-6,9-14H,1,3-4,7-8H2,(H2,20,21,22);2,5-7,9-13H,1,3-4,8H2,(H2,20,21,22);2-11H,1H3,(H2,19,20,21);1-11,18H,(H2,19,20,21);1-10,21H,(H2,18,19,20). The van der Waals surface area contributed by atoms with Gasteiger partial charge in [0.1, 0.15) is 11.5 Å². The summed E-state index contributed by atoms with van der Waals surface area (Å²) in [4.78, 5) is 5.75. The van der Waals surface area contributed by atoms with E-state index in [4.69, 9.17) is 4.74 Å². The fourth-order valence-corrected chi connectivity index (χ4v) is 22.0. The lowest BCUT2D eigenvalue weighted by atomic mass is 9.83. The molecule has 27 heteroatoms. The maximum Gasteiger partial charge on any atom is 0.152 e. The maximum atomic E-state index is 9.30. The second kappa shape index (κ2) is 44.4. The van der Waals surface area contributed by atoms with Crippen molar-refractivity contribution in [2.45, 2.75) is 73.5 Å². The van der Waals surface area contributed by atoms with Gasteiger partial charge in [0.25, 0.3) is 0 Å². The lowest BCUT2D eigenvalue weighted by Crippen LogP contribution is -2.04. The van der Waals surface area contributed by atoms with Crippen LogP contribution in [0, 0.1) is 0 Å². The Morgan fingerprint density at radius 2 is 0.721 bits per heavy atom. The van der Waals surface area contributed by atoms with Gasteiger partial charge in [-0.2, -0.15) is 64.6 Å². The monoisotopic (exact) mass is 1900 g/mol. The summed E-state index contributed by atoms with van der Waals surface area (Å²) < 4.78 is 7.71. The third-order valence-corrected chi connectivity index (χ3v) is 28.5. The van der Waals surface area contributed by atoms with Gasteiger partial charge in [-0.1, -0.05) is 183 Å².